The van der Waals surface area contributed by atoms with Gasteiger partial charge in [-0.15, -0.1) is 0 Å². The third-order valence-corrected chi connectivity index (χ3v) is 3.59. The maximum atomic E-state index is 11.7. The summed E-state index contributed by atoms with van der Waals surface area (Å²) in [7, 11) is 0. The summed E-state index contributed by atoms with van der Waals surface area (Å²) in [4.78, 5) is 26.1. The SMILES string of the molecule is CCCCNC(=O)CCc1ccc2[nH]c(=O)c(C)cc2c1. The molecule has 0 atom stereocenters. The quantitative estimate of drug-likeness (QED) is 0.802. The maximum Gasteiger partial charge on any atom is 0.251 e. The van der Waals surface area contributed by atoms with Gasteiger partial charge in [-0.2, -0.15) is 0 Å². The Kier molecular flexibility index (Phi) is 5.14. The van der Waals surface area contributed by atoms with E-state index in [0.717, 1.165) is 35.9 Å². The van der Waals surface area contributed by atoms with Crippen LogP contribution in [-0.4, -0.2) is 17.4 Å². The number of fused-ring (bicyclic) bond motifs is 1. The Morgan fingerprint density at radius 1 is 1.29 bits per heavy atom. The number of carbonyl (C=O) groups is 1. The number of H-pyrrole nitrogens is 1. The molecule has 0 spiro atoms. The van der Waals surface area contributed by atoms with Crippen molar-refractivity contribution in [2.45, 2.75) is 39.5 Å². The van der Waals surface area contributed by atoms with Gasteiger partial charge in [0.1, 0.15) is 0 Å². The van der Waals surface area contributed by atoms with Crippen LogP contribution in [0.15, 0.2) is 29.1 Å². The Bertz CT molecular complexity index is 689. The lowest BCUT2D eigenvalue weighted by Gasteiger charge is -2.06. The molecule has 0 fully saturated rings. The second-order valence-electron chi connectivity index (χ2n) is 5.41. The van der Waals surface area contributed by atoms with E-state index in [1.54, 1.807) is 6.92 Å². The molecule has 4 heteroatoms. The maximum absolute atomic E-state index is 11.7. The van der Waals surface area contributed by atoms with E-state index in [4.69, 9.17) is 0 Å². The van der Waals surface area contributed by atoms with Gasteiger partial charge in [-0.1, -0.05) is 19.4 Å². The zero-order chi connectivity index (χ0) is 15.2. The Balaban J connectivity index is 2.01. The van der Waals surface area contributed by atoms with Crippen LogP contribution >= 0.6 is 0 Å². The van der Waals surface area contributed by atoms with Crippen molar-refractivity contribution in [2.24, 2.45) is 0 Å². The number of aromatic nitrogens is 1. The molecule has 21 heavy (non-hydrogen) atoms. The fraction of sp³-hybridized carbons (Fsp3) is 0.412. The summed E-state index contributed by atoms with van der Waals surface area (Å²) >= 11 is 0. The first kappa shape index (κ1) is 15.3. The van der Waals surface area contributed by atoms with E-state index in [2.05, 4.69) is 17.2 Å². The van der Waals surface area contributed by atoms with Gasteiger partial charge in [-0.3, -0.25) is 9.59 Å². The smallest absolute Gasteiger partial charge is 0.251 e. The molecule has 0 radical (unpaired) electrons. The molecule has 0 aliphatic rings. The Labute approximate surface area is 124 Å². The van der Waals surface area contributed by atoms with Gasteiger partial charge in [0.05, 0.1) is 0 Å². The lowest BCUT2D eigenvalue weighted by atomic mass is 10.1. The summed E-state index contributed by atoms with van der Waals surface area (Å²) in [6, 6.07) is 7.80. The Morgan fingerprint density at radius 3 is 2.86 bits per heavy atom. The normalized spacial score (nSPS) is 10.8. The van der Waals surface area contributed by atoms with Crippen LogP contribution in [0.5, 0.6) is 0 Å². The van der Waals surface area contributed by atoms with E-state index in [0.29, 0.717) is 18.4 Å². The predicted molar refractivity (Wildman–Crippen MR) is 85.5 cm³/mol. The summed E-state index contributed by atoms with van der Waals surface area (Å²) in [6.07, 6.45) is 3.32. The number of rotatable bonds is 6. The number of aryl methyl sites for hydroxylation is 2. The molecule has 1 aromatic heterocycles. The molecule has 0 bridgehead atoms. The topological polar surface area (TPSA) is 62.0 Å². The highest BCUT2D eigenvalue weighted by atomic mass is 16.1. The largest absolute Gasteiger partial charge is 0.356 e. The molecule has 2 N–H and O–H groups in total. The van der Waals surface area contributed by atoms with E-state index >= 15 is 0 Å². The van der Waals surface area contributed by atoms with Crippen molar-refractivity contribution in [3.63, 3.8) is 0 Å². The fourth-order valence-corrected chi connectivity index (χ4v) is 2.27. The van der Waals surface area contributed by atoms with Crippen molar-refractivity contribution in [1.29, 1.82) is 0 Å². The lowest BCUT2D eigenvalue weighted by Crippen LogP contribution is -2.24. The molecule has 112 valence electrons. The summed E-state index contributed by atoms with van der Waals surface area (Å²) < 4.78 is 0. The number of hydrogen-bond acceptors (Lipinski definition) is 2. The van der Waals surface area contributed by atoms with E-state index in [1.807, 2.05) is 24.3 Å². The highest BCUT2D eigenvalue weighted by Crippen LogP contribution is 2.14. The average Bonchev–Trinajstić information content (AvgIpc) is 2.46. The standard InChI is InChI=1S/C17H22N2O2/c1-3-4-9-18-16(20)8-6-13-5-7-15-14(11-13)10-12(2)17(21)19-15/h5,7,10-11H,3-4,6,8-9H2,1-2H3,(H,18,20)(H,19,21). The van der Waals surface area contributed by atoms with Gasteiger partial charge in [-0.25, -0.2) is 0 Å². The highest BCUT2D eigenvalue weighted by Gasteiger charge is 2.04. The minimum Gasteiger partial charge on any atom is -0.356 e. The van der Waals surface area contributed by atoms with Crippen LogP contribution in [-0.2, 0) is 11.2 Å². The van der Waals surface area contributed by atoms with E-state index in [1.165, 1.54) is 0 Å². The van der Waals surface area contributed by atoms with Gasteiger partial charge >= 0.3 is 0 Å². The number of aromatic amines is 1. The first-order valence-corrected chi connectivity index (χ1v) is 7.49. The summed E-state index contributed by atoms with van der Waals surface area (Å²) in [5.74, 6) is 0.0983. The average molecular weight is 286 g/mol. The molecule has 2 aromatic rings. The number of unbranched alkanes of at least 4 members (excludes halogenated alkanes) is 1. The van der Waals surface area contributed by atoms with E-state index in [9.17, 15) is 9.59 Å². The van der Waals surface area contributed by atoms with Crippen molar-refractivity contribution in [3.8, 4) is 0 Å². The molecule has 1 amide bonds. The Hall–Kier alpha value is -2.10. The van der Waals surface area contributed by atoms with Crippen LogP contribution in [0.4, 0.5) is 0 Å². The van der Waals surface area contributed by atoms with Crippen LogP contribution in [0.3, 0.4) is 0 Å². The van der Waals surface area contributed by atoms with Gasteiger partial charge in [0.25, 0.3) is 5.56 Å². The second-order valence-corrected chi connectivity index (χ2v) is 5.41. The summed E-state index contributed by atoms with van der Waals surface area (Å²) in [5.41, 5.74) is 2.60. The first-order chi connectivity index (χ1) is 10.1. The van der Waals surface area contributed by atoms with Crippen LogP contribution < -0.4 is 10.9 Å². The third-order valence-electron chi connectivity index (χ3n) is 3.59. The second kappa shape index (κ2) is 7.07. The number of nitrogens with one attached hydrogen (secondary N) is 2. The van der Waals surface area contributed by atoms with Crippen molar-refractivity contribution < 1.29 is 4.79 Å². The zero-order valence-electron chi connectivity index (χ0n) is 12.7. The molecule has 0 unspecified atom stereocenters. The number of pyridine rings is 1. The van der Waals surface area contributed by atoms with Crippen molar-refractivity contribution in [1.82, 2.24) is 10.3 Å². The summed E-state index contributed by atoms with van der Waals surface area (Å²) in [6.45, 7) is 4.66. The zero-order valence-corrected chi connectivity index (χ0v) is 12.7. The number of amides is 1. The minimum atomic E-state index is -0.0504. The van der Waals surface area contributed by atoms with Crippen molar-refractivity contribution in [2.75, 3.05) is 6.54 Å². The molecule has 4 nitrogen and oxygen atoms in total. The summed E-state index contributed by atoms with van der Waals surface area (Å²) in [5, 5.41) is 3.93. The van der Waals surface area contributed by atoms with Gasteiger partial charge in [0.2, 0.25) is 5.91 Å². The molecule has 1 aromatic carbocycles. The molecule has 0 aliphatic carbocycles. The third kappa shape index (κ3) is 4.18. The lowest BCUT2D eigenvalue weighted by molar-refractivity contribution is -0.121. The monoisotopic (exact) mass is 286 g/mol. The number of carbonyl (C=O) groups excluding carboxylic acids is 1. The molecule has 0 saturated carbocycles. The van der Waals surface area contributed by atoms with Gasteiger partial charge in [-0.05, 0) is 48.9 Å². The minimum absolute atomic E-state index is 0.0504. The van der Waals surface area contributed by atoms with Crippen molar-refractivity contribution in [3.05, 3.63) is 45.7 Å². The first-order valence-electron chi connectivity index (χ1n) is 7.49. The molecule has 2 rings (SSSR count). The molecule has 0 saturated heterocycles. The van der Waals surface area contributed by atoms with Gasteiger partial charge < -0.3 is 10.3 Å². The van der Waals surface area contributed by atoms with E-state index in [-0.39, 0.29) is 11.5 Å². The number of benzene rings is 1. The van der Waals surface area contributed by atoms with Crippen LogP contribution in [0.25, 0.3) is 10.9 Å². The van der Waals surface area contributed by atoms with Crippen molar-refractivity contribution >= 4 is 16.8 Å². The van der Waals surface area contributed by atoms with Crippen LogP contribution in [0, 0.1) is 6.92 Å². The van der Waals surface area contributed by atoms with Crippen LogP contribution in [0.1, 0.15) is 37.3 Å². The molecule has 1 heterocycles. The molecular formula is C17H22N2O2. The van der Waals surface area contributed by atoms with E-state index < -0.39 is 0 Å². The fourth-order valence-electron chi connectivity index (χ4n) is 2.27. The molecule has 0 aliphatic heterocycles. The predicted octanol–water partition coefficient (Wildman–Crippen LogP) is 2.69. The highest BCUT2D eigenvalue weighted by molar-refractivity contribution is 5.80. The van der Waals surface area contributed by atoms with Gasteiger partial charge in [0, 0.05) is 24.0 Å². The Morgan fingerprint density at radius 2 is 2.10 bits per heavy atom. The number of hydrogen-bond donors (Lipinski definition) is 2. The van der Waals surface area contributed by atoms with Gasteiger partial charge in [0.15, 0.2) is 0 Å². The van der Waals surface area contributed by atoms with Crippen LogP contribution in [0.2, 0.25) is 0 Å². The molecular weight excluding hydrogens is 264 g/mol.